The highest BCUT2D eigenvalue weighted by molar-refractivity contribution is 7.87. The molecule has 0 spiro atoms. The van der Waals surface area contributed by atoms with Crippen molar-refractivity contribution in [3.8, 4) is 11.5 Å². The van der Waals surface area contributed by atoms with Crippen LogP contribution in [0.5, 0.6) is 11.5 Å². The molecule has 1 amide bonds. The molecule has 0 bridgehead atoms. The average molecular weight is 520 g/mol. The Morgan fingerprint density at radius 3 is 2.29 bits per heavy atom. The number of pyridine rings is 1. The molecule has 10 nitrogen and oxygen atoms in total. The number of amides is 1. The lowest BCUT2D eigenvalue weighted by molar-refractivity contribution is -0.134. The fourth-order valence-corrected chi connectivity index (χ4v) is 3.70. The second-order valence-electron chi connectivity index (χ2n) is 6.83. The first-order chi connectivity index (χ1) is 16.5. The van der Waals surface area contributed by atoms with Gasteiger partial charge in [-0.05, 0) is 37.3 Å². The highest BCUT2D eigenvalue weighted by atomic mass is 35.5. The minimum Gasteiger partial charge on any atom is -0.493 e. The number of hydrogen-bond donors (Lipinski definition) is 2. The van der Waals surface area contributed by atoms with Crippen LogP contribution in [0.25, 0.3) is 0 Å². The van der Waals surface area contributed by atoms with Crippen molar-refractivity contribution < 1.29 is 32.0 Å². The van der Waals surface area contributed by atoms with E-state index in [2.05, 4.69) is 15.5 Å². The number of carbonyl (C=O) groups excluding carboxylic acids is 1. The molecule has 2 N–H and O–H groups in total. The van der Waals surface area contributed by atoms with Gasteiger partial charge < -0.3 is 14.0 Å². The largest absolute Gasteiger partial charge is 0.493 e. The molecule has 3 rings (SSSR count). The number of ether oxygens (including phenoxy) is 1. The summed E-state index contributed by atoms with van der Waals surface area (Å²) in [6, 6.07) is 12.1. The van der Waals surface area contributed by atoms with Gasteiger partial charge in [0.05, 0.1) is 13.3 Å². The monoisotopic (exact) mass is 519 g/mol. The van der Waals surface area contributed by atoms with Gasteiger partial charge in [-0.1, -0.05) is 29.3 Å². The van der Waals surface area contributed by atoms with E-state index in [1.165, 1.54) is 62.1 Å². The molecule has 0 radical (unpaired) electrons. The lowest BCUT2D eigenvalue weighted by Gasteiger charge is -2.14. The topological polar surface area (TPSA) is 144 Å². The molecule has 0 fully saturated rings. The number of carbonyl (C=O) groups is 2. The van der Waals surface area contributed by atoms with Crippen molar-refractivity contribution in [2.75, 3.05) is 7.11 Å². The van der Waals surface area contributed by atoms with Crippen LogP contribution < -0.4 is 14.3 Å². The number of halogens is 1. The maximum atomic E-state index is 12.8. The summed E-state index contributed by atoms with van der Waals surface area (Å²) < 4.78 is 36.1. The van der Waals surface area contributed by atoms with Crippen molar-refractivity contribution >= 4 is 39.8 Å². The first kappa shape index (κ1) is 27.3. The van der Waals surface area contributed by atoms with Gasteiger partial charge in [0.1, 0.15) is 4.90 Å². The van der Waals surface area contributed by atoms with E-state index in [1.54, 1.807) is 12.1 Å². The van der Waals surface area contributed by atoms with Crippen LogP contribution in [0.2, 0.25) is 5.02 Å². The van der Waals surface area contributed by atoms with Crippen molar-refractivity contribution in [3.05, 3.63) is 82.6 Å². The normalized spacial score (nSPS) is 10.7. The zero-order valence-electron chi connectivity index (χ0n) is 18.9. The Hall–Kier alpha value is -3.96. The minimum atomic E-state index is -4.16. The number of nitrogens with zero attached hydrogens (tertiary/aromatic N) is 2. The van der Waals surface area contributed by atoms with Crippen LogP contribution in [-0.4, -0.2) is 43.7 Å². The molecule has 12 heteroatoms. The Bertz CT molecular complexity index is 1310. The van der Waals surface area contributed by atoms with E-state index in [0.717, 1.165) is 12.5 Å². The van der Waals surface area contributed by atoms with Gasteiger partial charge in [0.2, 0.25) is 0 Å². The molecule has 0 saturated carbocycles. The molecule has 0 unspecified atom stereocenters. The number of hydrazone groups is 1. The summed E-state index contributed by atoms with van der Waals surface area (Å²) in [5.74, 6) is -1.33. The number of aryl methyl sites for hydroxylation is 1. The molecule has 184 valence electrons. The van der Waals surface area contributed by atoms with Crippen LogP contribution in [0.4, 0.5) is 0 Å². The van der Waals surface area contributed by atoms with Crippen LogP contribution in [0.15, 0.2) is 70.9 Å². The van der Waals surface area contributed by atoms with Crippen molar-refractivity contribution in [3.63, 3.8) is 0 Å². The third-order valence-corrected chi connectivity index (χ3v) is 5.54. The molecular formula is C23H22ClN3O7S. The van der Waals surface area contributed by atoms with E-state index in [9.17, 15) is 13.2 Å². The second kappa shape index (κ2) is 12.5. The molecule has 0 aliphatic rings. The molecule has 2 aromatic carbocycles. The van der Waals surface area contributed by atoms with E-state index in [4.69, 9.17) is 30.4 Å². The SMILES string of the molecule is CC(=O)O.COc1cc(Cl)cc(/C=N/NC(=O)c2ccncc2)c1OS(=O)(=O)c1ccc(C)cc1. The van der Waals surface area contributed by atoms with Crippen molar-refractivity contribution in [2.24, 2.45) is 5.10 Å². The van der Waals surface area contributed by atoms with Crippen molar-refractivity contribution in [1.82, 2.24) is 10.4 Å². The Balaban J connectivity index is 0.00000100. The molecule has 0 aliphatic carbocycles. The quantitative estimate of drug-likeness (QED) is 0.273. The number of hydrogen-bond acceptors (Lipinski definition) is 8. The number of benzene rings is 2. The van der Waals surface area contributed by atoms with Crippen molar-refractivity contribution in [1.29, 1.82) is 0 Å². The fourth-order valence-electron chi connectivity index (χ4n) is 2.52. The van der Waals surface area contributed by atoms with Crippen LogP contribution in [0.3, 0.4) is 0 Å². The molecule has 35 heavy (non-hydrogen) atoms. The van der Waals surface area contributed by atoms with Crippen LogP contribution in [0, 0.1) is 6.92 Å². The average Bonchev–Trinajstić information content (AvgIpc) is 2.80. The summed E-state index contributed by atoms with van der Waals surface area (Å²) in [4.78, 5) is 24.9. The Kier molecular flexibility index (Phi) is 9.74. The third-order valence-electron chi connectivity index (χ3n) is 4.08. The van der Waals surface area contributed by atoms with Crippen LogP contribution in [-0.2, 0) is 14.9 Å². The van der Waals surface area contributed by atoms with E-state index in [0.29, 0.717) is 5.56 Å². The van der Waals surface area contributed by atoms with Crippen molar-refractivity contribution in [2.45, 2.75) is 18.7 Å². The summed E-state index contributed by atoms with van der Waals surface area (Å²) in [7, 11) is -2.81. The lowest BCUT2D eigenvalue weighted by atomic mass is 10.2. The smallest absolute Gasteiger partial charge is 0.339 e. The summed E-state index contributed by atoms with van der Waals surface area (Å²) in [5.41, 5.74) is 3.80. The number of aromatic nitrogens is 1. The second-order valence-corrected chi connectivity index (χ2v) is 8.81. The number of carboxylic acid groups (broad SMARTS) is 1. The molecule has 0 atom stereocenters. The Morgan fingerprint density at radius 2 is 1.71 bits per heavy atom. The van der Waals surface area contributed by atoms with Gasteiger partial charge in [-0.3, -0.25) is 14.6 Å². The zero-order valence-corrected chi connectivity index (χ0v) is 20.5. The molecule has 3 aromatic rings. The molecule has 0 aliphatic heterocycles. The molecule has 1 aromatic heterocycles. The fraction of sp³-hybridized carbons (Fsp3) is 0.130. The highest BCUT2D eigenvalue weighted by Gasteiger charge is 2.22. The van der Waals surface area contributed by atoms with Gasteiger partial charge in [0.15, 0.2) is 11.5 Å². The van der Waals surface area contributed by atoms with Gasteiger partial charge in [-0.25, -0.2) is 5.43 Å². The van der Waals surface area contributed by atoms with Gasteiger partial charge in [0, 0.05) is 41.5 Å². The standard InChI is InChI=1S/C21H18ClN3O5S.C2H4O2/c1-14-3-5-18(6-4-14)31(27,28)30-20-16(11-17(22)12-19(20)29-2)13-24-25-21(26)15-7-9-23-10-8-15;1-2(3)4/h3-13H,1-2H3,(H,25,26);1H3,(H,3,4)/b24-13+;. The van der Waals surface area contributed by atoms with E-state index < -0.39 is 22.0 Å². The first-order valence-electron chi connectivity index (χ1n) is 9.85. The van der Waals surface area contributed by atoms with E-state index >= 15 is 0 Å². The minimum absolute atomic E-state index is 0.0241. The highest BCUT2D eigenvalue weighted by Crippen LogP contribution is 2.36. The lowest BCUT2D eigenvalue weighted by Crippen LogP contribution is -2.17. The molecule has 1 heterocycles. The van der Waals surface area contributed by atoms with Gasteiger partial charge in [-0.15, -0.1) is 0 Å². The number of carboxylic acids is 1. The Morgan fingerprint density at radius 1 is 1.11 bits per heavy atom. The first-order valence-corrected chi connectivity index (χ1v) is 11.6. The zero-order chi connectivity index (χ0) is 26.0. The number of aliphatic carboxylic acids is 1. The van der Waals surface area contributed by atoms with E-state index in [1.807, 2.05) is 6.92 Å². The predicted octanol–water partition coefficient (Wildman–Crippen LogP) is 3.67. The summed E-state index contributed by atoms with van der Waals surface area (Å²) in [5, 5.41) is 11.6. The van der Waals surface area contributed by atoms with Crippen LogP contribution in [0.1, 0.15) is 28.4 Å². The number of nitrogens with one attached hydrogen (secondary N) is 1. The number of rotatable bonds is 7. The third kappa shape index (κ3) is 8.40. The van der Waals surface area contributed by atoms with Gasteiger partial charge >= 0.3 is 10.1 Å². The molecule has 0 saturated heterocycles. The summed E-state index contributed by atoms with van der Waals surface area (Å²) in [6.45, 7) is 2.92. The molecular weight excluding hydrogens is 498 g/mol. The summed E-state index contributed by atoms with van der Waals surface area (Å²) in [6.07, 6.45) is 4.16. The predicted molar refractivity (Wildman–Crippen MR) is 130 cm³/mol. The maximum Gasteiger partial charge on any atom is 0.339 e. The van der Waals surface area contributed by atoms with Gasteiger partial charge in [0.25, 0.3) is 11.9 Å². The van der Waals surface area contributed by atoms with Crippen LogP contribution >= 0.6 is 11.6 Å². The van der Waals surface area contributed by atoms with E-state index in [-0.39, 0.29) is 27.0 Å². The Labute approximate surface area is 207 Å². The van der Waals surface area contributed by atoms with Gasteiger partial charge in [-0.2, -0.15) is 13.5 Å². The maximum absolute atomic E-state index is 12.8. The summed E-state index contributed by atoms with van der Waals surface area (Å²) >= 11 is 6.10. The number of methoxy groups -OCH3 is 1.